The predicted molar refractivity (Wildman–Crippen MR) is 64.8 cm³/mol. The van der Waals surface area contributed by atoms with Gasteiger partial charge in [-0.25, -0.2) is 4.68 Å². The maximum absolute atomic E-state index is 12.5. The second-order valence-corrected chi connectivity index (χ2v) is 4.16. The zero-order valence-corrected chi connectivity index (χ0v) is 10.5. The zero-order chi connectivity index (χ0) is 14.8. The smallest absolute Gasteiger partial charge is 0.324 e. The molecule has 8 heteroatoms. The predicted octanol–water partition coefficient (Wildman–Crippen LogP) is 2.24. The molecular formula is C12H11F3N4O. The molecule has 20 heavy (non-hydrogen) atoms. The van der Waals surface area contributed by atoms with Gasteiger partial charge in [0.05, 0.1) is 17.5 Å². The van der Waals surface area contributed by atoms with Crippen molar-refractivity contribution in [3.8, 4) is 0 Å². The molecule has 0 bridgehead atoms. The van der Waals surface area contributed by atoms with Crippen LogP contribution >= 0.6 is 0 Å². The van der Waals surface area contributed by atoms with Crippen LogP contribution < -0.4 is 5.32 Å². The van der Waals surface area contributed by atoms with Crippen molar-refractivity contribution in [2.24, 2.45) is 0 Å². The molecule has 0 saturated heterocycles. The standard InChI is InChI=1S/C12H11F3N4O/c1-8-6-16-18-19(8)7-11(20)17-10-4-2-3-9(5-10)12(13,14)15/h2-6H,7H2,1H3,(H,17,20). The van der Waals surface area contributed by atoms with Gasteiger partial charge in [0.1, 0.15) is 6.54 Å². The number of rotatable bonds is 3. The highest BCUT2D eigenvalue weighted by molar-refractivity contribution is 5.90. The van der Waals surface area contributed by atoms with Crippen LogP contribution in [0.25, 0.3) is 0 Å². The van der Waals surface area contributed by atoms with Gasteiger partial charge in [0.2, 0.25) is 5.91 Å². The third kappa shape index (κ3) is 3.34. The normalized spacial score (nSPS) is 11.4. The quantitative estimate of drug-likeness (QED) is 0.940. The van der Waals surface area contributed by atoms with E-state index in [9.17, 15) is 18.0 Å². The second-order valence-electron chi connectivity index (χ2n) is 4.16. The van der Waals surface area contributed by atoms with Crippen LogP contribution in [0.3, 0.4) is 0 Å². The van der Waals surface area contributed by atoms with E-state index in [0.717, 1.165) is 12.1 Å². The molecule has 2 rings (SSSR count). The Hall–Kier alpha value is -2.38. The highest BCUT2D eigenvalue weighted by Crippen LogP contribution is 2.30. The van der Waals surface area contributed by atoms with E-state index >= 15 is 0 Å². The SMILES string of the molecule is Cc1cnnn1CC(=O)Nc1cccc(C(F)(F)F)c1. The van der Waals surface area contributed by atoms with Crippen LogP contribution in [-0.2, 0) is 17.5 Å². The van der Waals surface area contributed by atoms with Crippen molar-refractivity contribution >= 4 is 11.6 Å². The molecule has 0 aliphatic rings. The summed E-state index contributed by atoms with van der Waals surface area (Å²) in [6.07, 6.45) is -2.96. The van der Waals surface area contributed by atoms with E-state index in [4.69, 9.17) is 0 Å². The number of nitrogens with zero attached hydrogens (tertiary/aromatic N) is 3. The molecule has 1 amide bonds. The number of nitrogens with one attached hydrogen (secondary N) is 1. The first kappa shape index (κ1) is 14.0. The lowest BCUT2D eigenvalue weighted by atomic mass is 10.2. The minimum atomic E-state index is -4.44. The molecule has 0 spiro atoms. The highest BCUT2D eigenvalue weighted by atomic mass is 19.4. The summed E-state index contributed by atoms with van der Waals surface area (Å²) in [7, 11) is 0. The summed E-state index contributed by atoms with van der Waals surface area (Å²) >= 11 is 0. The first-order chi connectivity index (χ1) is 9.36. The van der Waals surface area contributed by atoms with E-state index in [1.165, 1.54) is 23.0 Å². The summed E-state index contributed by atoms with van der Waals surface area (Å²) in [4.78, 5) is 11.7. The maximum atomic E-state index is 12.5. The van der Waals surface area contributed by atoms with E-state index in [0.29, 0.717) is 5.69 Å². The summed E-state index contributed by atoms with van der Waals surface area (Å²) in [5, 5.41) is 9.68. The van der Waals surface area contributed by atoms with Crippen molar-refractivity contribution in [3.63, 3.8) is 0 Å². The molecule has 1 aromatic heterocycles. The van der Waals surface area contributed by atoms with Crippen molar-refractivity contribution in [2.75, 3.05) is 5.32 Å². The number of carbonyl (C=O) groups excluding carboxylic acids is 1. The van der Waals surface area contributed by atoms with Gasteiger partial charge >= 0.3 is 6.18 Å². The van der Waals surface area contributed by atoms with E-state index in [2.05, 4.69) is 15.6 Å². The molecular weight excluding hydrogens is 273 g/mol. The summed E-state index contributed by atoms with van der Waals surface area (Å²) in [6, 6.07) is 4.45. The van der Waals surface area contributed by atoms with E-state index in [1.807, 2.05) is 0 Å². The van der Waals surface area contributed by atoms with Crippen LogP contribution in [0.15, 0.2) is 30.5 Å². The molecule has 0 saturated carbocycles. The molecule has 0 radical (unpaired) electrons. The first-order valence-electron chi connectivity index (χ1n) is 5.68. The van der Waals surface area contributed by atoms with Crippen LogP contribution in [0.1, 0.15) is 11.3 Å². The largest absolute Gasteiger partial charge is 0.416 e. The fourth-order valence-corrected chi connectivity index (χ4v) is 1.58. The number of anilines is 1. The fraction of sp³-hybridized carbons (Fsp3) is 0.250. The van der Waals surface area contributed by atoms with Gasteiger partial charge in [0.25, 0.3) is 0 Å². The van der Waals surface area contributed by atoms with E-state index < -0.39 is 17.6 Å². The Kier molecular flexibility index (Phi) is 3.73. The van der Waals surface area contributed by atoms with Crippen molar-refractivity contribution < 1.29 is 18.0 Å². The van der Waals surface area contributed by atoms with E-state index in [-0.39, 0.29) is 12.2 Å². The Balaban J connectivity index is 2.07. The lowest BCUT2D eigenvalue weighted by molar-refractivity contribution is -0.137. The number of benzene rings is 1. The van der Waals surface area contributed by atoms with Crippen LogP contribution in [0, 0.1) is 6.92 Å². The Morgan fingerprint density at radius 2 is 2.15 bits per heavy atom. The van der Waals surface area contributed by atoms with Crippen LogP contribution in [0.5, 0.6) is 0 Å². The Labute approximate surface area is 112 Å². The molecule has 5 nitrogen and oxygen atoms in total. The number of amides is 1. The van der Waals surface area contributed by atoms with Crippen LogP contribution in [0.2, 0.25) is 0 Å². The third-order valence-corrected chi connectivity index (χ3v) is 2.58. The van der Waals surface area contributed by atoms with Gasteiger partial charge in [-0.1, -0.05) is 11.3 Å². The van der Waals surface area contributed by atoms with Gasteiger partial charge in [-0.15, -0.1) is 5.10 Å². The van der Waals surface area contributed by atoms with Crippen molar-refractivity contribution in [1.29, 1.82) is 0 Å². The number of hydrogen-bond acceptors (Lipinski definition) is 3. The average Bonchev–Trinajstić information content (AvgIpc) is 2.74. The molecule has 0 fully saturated rings. The van der Waals surface area contributed by atoms with Gasteiger partial charge < -0.3 is 5.32 Å². The lowest BCUT2D eigenvalue weighted by Gasteiger charge is -2.10. The van der Waals surface area contributed by atoms with E-state index in [1.54, 1.807) is 6.92 Å². The average molecular weight is 284 g/mol. The van der Waals surface area contributed by atoms with Gasteiger partial charge in [-0.05, 0) is 25.1 Å². The topological polar surface area (TPSA) is 59.8 Å². The molecule has 1 aromatic carbocycles. The zero-order valence-electron chi connectivity index (χ0n) is 10.5. The number of halogens is 3. The van der Waals surface area contributed by atoms with Crippen LogP contribution in [0.4, 0.5) is 18.9 Å². The lowest BCUT2D eigenvalue weighted by Crippen LogP contribution is -2.20. The Morgan fingerprint density at radius 1 is 1.40 bits per heavy atom. The summed E-state index contributed by atoms with van der Waals surface area (Å²) in [6.45, 7) is 1.61. The third-order valence-electron chi connectivity index (χ3n) is 2.58. The van der Waals surface area contributed by atoms with Crippen LogP contribution in [-0.4, -0.2) is 20.9 Å². The number of alkyl halides is 3. The van der Waals surface area contributed by atoms with Gasteiger partial charge in [0.15, 0.2) is 0 Å². The summed E-state index contributed by atoms with van der Waals surface area (Å²) in [5.74, 6) is -0.474. The molecule has 0 atom stereocenters. The minimum absolute atomic E-state index is 0.0857. The molecule has 0 aliphatic heterocycles. The van der Waals surface area contributed by atoms with Crippen molar-refractivity contribution in [3.05, 3.63) is 41.7 Å². The molecule has 0 unspecified atom stereocenters. The summed E-state index contributed by atoms with van der Waals surface area (Å²) in [5.41, 5.74) is -0.0426. The van der Waals surface area contributed by atoms with Crippen molar-refractivity contribution in [1.82, 2.24) is 15.0 Å². The van der Waals surface area contributed by atoms with Gasteiger partial charge in [-0.3, -0.25) is 4.79 Å². The maximum Gasteiger partial charge on any atom is 0.416 e. The monoisotopic (exact) mass is 284 g/mol. The molecule has 1 N–H and O–H groups in total. The number of aryl methyl sites for hydroxylation is 1. The Bertz CT molecular complexity index is 621. The molecule has 1 heterocycles. The second kappa shape index (κ2) is 5.32. The Morgan fingerprint density at radius 3 is 2.75 bits per heavy atom. The van der Waals surface area contributed by atoms with Gasteiger partial charge in [-0.2, -0.15) is 13.2 Å². The minimum Gasteiger partial charge on any atom is -0.324 e. The summed E-state index contributed by atoms with van der Waals surface area (Å²) < 4.78 is 38.9. The number of carbonyl (C=O) groups is 1. The van der Waals surface area contributed by atoms with Gasteiger partial charge in [0, 0.05) is 5.69 Å². The molecule has 0 aliphatic carbocycles. The fourth-order valence-electron chi connectivity index (χ4n) is 1.58. The highest BCUT2D eigenvalue weighted by Gasteiger charge is 2.30. The number of hydrogen-bond donors (Lipinski definition) is 1. The molecule has 2 aromatic rings. The first-order valence-corrected chi connectivity index (χ1v) is 5.68. The number of aromatic nitrogens is 3. The molecule has 106 valence electrons. The van der Waals surface area contributed by atoms with Crippen molar-refractivity contribution in [2.45, 2.75) is 19.6 Å².